The van der Waals surface area contributed by atoms with Crippen LogP contribution >= 0.6 is 23.1 Å². The summed E-state index contributed by atoms with van der Waals surface area (Å²) in [5, 5.41) is 8.92. The van der Waals surface area contributed by atoms with Gasteiger partial charge in [-0.15, -0.1) is 11.3 Å². The first-order valence-corrected chi connectivity index (χ1v) is 9.80. The van der Waals surface area contributed by atoms with E-state index < -0.39 is 0 Å². The molecule has 0 saturated heterocycles. The van der Waals surface area contributed by atoms with Gasteiger partial charge in [-0.3, -0.25) is 4.99 Å². The number of guanidine groups is 1. The van der Waals surface area contributed by atoms with E-state index in [9.17, 15) is 0 Å². The molecule has 6 heteroatoms. The van der Waals surface area contributed by atoms with Crippen LogP contribution in [0.1, 0.15) is 36.1 Å². The van der Waals surface area contributed by atoms with Crippen LogP contribution in [0.5, 0.6) is 0 Å². The molecule has 1 saturated carbocycles. The molecule has 1 aromatic rings. The standard InChI is InChI=1S/C15H26N4S2/c1-4-16-15(19-12-5-6-13(9-12)20-3)17-8-7-14-18-10-11(2)21-14/h10,12-13H,4-9H2,1-3H3,(H2,16,17,19). The highest BCUT2D eigenvalue weighted by Gasteiger charge is 2.24. The Morgan fingerprint density at radius 1 is 1.52 bits per heavy atom. The Morgan fingerprint density at radius 3 is 3.00 bits per heavy atom. The zero-order valence-electron chi connectivity index (χ0n) is 13.2. The van der Waals surface area contributed by atoms with E-state index in [-0.39, 0.29) is 0 Å². The maximum absolute atomic E-state index is 4.69. The van der Waals surface area contributed by atoms with Gasteiger partial charge in [0.15, 0.2) is 5.96 Å². The van der Waals surface area contributed by atoms with Crippen molar-refractivity contribution in [2.45, 2.75) is 50.8 Å². The van der Waals surface area contributed by atoms with Crippen molar-refractivity contribution in [1.29, 1.82) is 0 Å². The van der Waals surface area contributed by atoms with Gasteiger partial charge >= 0.3 is 0 Å². The molecule has 0 aromatic carbocycles. The monoisotopic (exact) mass is 326 g/mol. The molecular weight excluding hydrogens is 300 g/mol. The Hall–Kier alpha value is -0.750. The van der Waals surface area contributed by atoms with E-state index >= 15 is 0 Å². The van der Waals surface area contributed by atoms with Crippen LogP contribution in [0.2, 0.25) is 0 Å². The van der Waals surface area contributed by atoms with Crippen molar-refractivity contribution < 1.29 is 0 Å². The van der Waals surface area contributed by atoms with Crippen LogP contribution in [0, 0.1) is 6.92 Å². The maximum atomic E-state index is 4.69. The molecule has 2 atom stereocenters. The molecule has 1 heterocycles. The first-order chi connectivity index (χ1) is 10.2. The molecule has 1 aliphatic carbocycles. The Bertz CT molecular complexity index is 458. The number of nitrogens with zero attached hydrogens (tertiary/aromatic N) is 2. The topological polar surface area (TPSA) is 49.3 Å². The summed E-state index contributed by atoms with van der Waals surface area (Å²) in [5.41, 5.74) is 0. The Balaban J connectivity index is 1.81. The zero-order chi connectivity index (χ0) is 15.1. The largest absolute Gasteiger partial charge is 0.357 e. The van der Waals surface area contributed by atoms with Gasteiger partial charge in [-0.25, -0.2) is 4.98 Å². The molecule has 4 nitrogen and oxygen atoms in total. The molecule has 0 amide bonds. The average molecular weight is 327 g/mol. The highest BCUT2D eigenvalue weighted by Crippen LogP contribution is 2.27. The lowest BCUT2D eigenvalue weighted by Gasteiger charge is -2.17. The number of thiazole rings is 1. The van der Waals surface area contributed by atoms with E-state index in [0.717, 1.165) is 30.7 Å². The van der Waals surface area contributed by atoms with Gasteiger partial charge in [0.05, 0.1) is 5.01 Å². The minimum absolute atomic E-state index is 0.572. The predicted octanol–water partition coefficient (Wildman–Crippen LogP) is 2.83. The number of hydrogen-bond donors (Lipinski definition) is 2. The maximum Gasteiger partial charge on any atom is 0.191 e. The van der Waals surface area contributed by atoms with Crippen LogP contribution in [-0.4, -0.2) is 41.6 Å². The van der Waals surface area contributed by atoms with E-state index in [1.54, 1.807) is 11.3 Å². The average Bonchev–Trinajstić information content (AvgIpc) is 3.08. The number of nitrogens with one attached hydrogen (secondary N) is 2. The van der Waals surface area contributed by atoms with Crippen molar-refractivity contribution in [3.8, 4) is 0 Å². The Kier molecular flexibility index (Phi) is 6.83. The minimum atomic E-state index is 0.572. The van der Waals surface area contributed by atoms with Gasteiger partial charge in [0.25, 0.3) is 0 Å². The molecule has 0 radical (unpaired) electrons. The molecule has 1 fully saturated rings. The zero-order valence-corrected chi connectivity index (χ0v) is 14.8. The summed E-state index contributed by atoms with van der Waals surface area (Å²) < 4.78 is 0. The van der Waals surface area contributed by atoms with Crippen molar-refractivity contribution in [2.24, 2.45) is 4.99 Å². The second-order valence-electron chi connectivity index (χ2n) is 5.39. The van der Waals surface area contributed by atoms with Crippen LogP contribution < -0.4 is 10.6 Å². The van der Waals surface area contributed by atoms with E-state index in [1.165, 1.54) is 29.1 Å². The third-order valence-corrected chi connectivity index (χ3v) is 5.74. The molecule has 0 bridgehead atoms. The quantitative estimate of drug-likeness (QED) is 0.623. The van der Waals surface area contributed by atoms with Crippen molar-refractivity contribution in [3.63, 3.8) is 0 Å². The lowest BCUT2D eigenvalue weighted by molar-refractivity contribution is 0.615. The van der Waals surface area contributed by atoms with Gasteiger partial charge < -0.3 is 10.6 Å². The summed E-state index contributed by atoms with van der Waals surface area (Å²) in [4.78, 5) is 10.3. The number of thioether (sulfide) groups is 1. The minimum Gasteiger partial charge on any atom is -0.357 e. The van der Waals surface area contributed by atoms with Crippen LogP contribution in [0.3, 0.4) is 0 Å². The van der Waals surface area contributed by atoms with Crippen molar-refractivity contribution in [3.05, 3.63) is 16.1 Å². The van der Waals surface area contributed by atoms with E-state index in [0.29, 0.717) is 6.04 Å². The molecule has 118 valence electrons. The number of aryl methyl sites for hydroxylation is 1. The normalized spacial score (nSPS) is 22.5. The summed E-state index contributed by atoms with van der Waals surface area (Å²) in [6, 6.07) is 0.572. The van der Waals surface area contributed by atoms with Crippen molar-refractivity contribution in [2.75, 3.05) is 19.3 Å². The summed E-state index contributed by atoms with van der Waals surface area (Å²) in [5.74, 6) is 0.956. The fourth-order valence-electron chi connectivity index (χ4n) is 2.58. The molecule has 0 spiro atoms. The fourth-order valence-corrected chi connectivity index (χ4v) is 4.15. The molecule has 2 N–H and O–H groups in total. The van der Waals surface area contributed by atoms with Gasteiger partial charge in [0, 0.05) is 41.9 Å². The van der Waals surface area contributed by atoms with Crippen LogP contribution in [-0.2, 0) is 6.42 Å². The van der Waals surface area contributed by atoms with E-state index in [2.05, 4.69) is 40.7 Å². The smallest absolute Gasteiger partial charge is 0.191 e. The summed E-state index contributed by atoms with van der Waals surface area (Å²) in [6.45, 7) is 5.90. The molecule has 0 aliphatic heterocycles. The van der Waals surface area contributed by atoms with Gasteiger partial charge in [0.1, 0.15) is 0 Å². The molecule has 21 heavy (non-hydrogen) atoms. The predicted molar refractivity (Wildman–Crippen MR) is 94.6 cm³/mol. The fraction of sp³-hybridized carbons (Fsp3) is 0.733. The van der Waals surface area contributed by atoms with Crippen LogP contribution in [0.15, 0.2) is 11.2 Å². The highest BCUT2D eigenvalue weighted by molar-refractivity contribution is 7.99. The Morgan fingerprint density at radius 2 is 2.38 bits per heavy atom. The molecular formula is C15H26N4S2. The Labute approximate surface area is 136 Å². The first kappa shape index (κ1) is 16.6. The first-order valence-electron chi connectivity index (χ1n) is 7.70. The highest BCUT2D eigenvalue weighted by atomic mass is 32.2. The van der Waals surface area contributed by atoms with E-state index in [1.807, 2.05) is 18.0 Å². The van der Waals surface area contributed by atoms with Crippen LogP contribution in [0.4, 0.5) is 0 Å². The molecule has 2 rings (SSSR count). The lowest BCUT2D eigenvalue weighted by atomic mass is 10.2. The van der Waals surface area contributed by atoms with Gasteiger partial charge in [-0.2, -0.15) is 11.8 Å². The van der Waals surface area contributed by atoms with Crippen LogP contribution in [0.25, 0.3) is 0 Å². The molecule has 1 aromatic heterocycles. The molecule has 1 aliphatic rings. The lowest BCUT2D eigenvalue weighted by Crippen LogP contribution is -2.42. The molecule has 2 unspecified atom stereocenters. The SMILES string of the molecule is CCNC(=NCCc1ncc(C)s1)NC1CCC(SC)C1. The van der Waals surface area contributed by atoms with Crippen molar-refractivity contribution in [1.82, 2.24) is 15.6 Å². The summed E-state index contributed by atoms with van der Waals surface area (Å²) in [6.07, 6.45) is 8.89. The van der Waals surface area contributed by atoms with Crippen molar-refractivity contribution >= 4 is 29.1 Å². The van der Waals surface area contributed by atoms with E-state index in [4.69, 9.17) is 0 Å². The second kappa shape index (κ2) is 8.63. The number of rotatable bonds is 6. The number of hydrogen-bond acceptors (Lipinski definition) is 4. The van der Waals surface area contributed by atoms with Gasteiger partial charge in [-0.1, -0.05) is 0 Å². The third-order valence-electron chi connectivity index (χ3n) is 3.67. The number of aliphatic imine (C=N–C) groups is 1. The summed E-state index contributed by atoms with van der Waals surface area (Å²) >= 11 is 3.75. The van der Waals surface area contributed by atoms with Gasteiger partial charge in [-0.05, 0) is 39.4 Å². The van der Waals surface area contributed by atoms with Gasteiger partial charge in [0.2, 0.25) is 0 Å². The number of aromatic nitrogens is 1. The second-order valence-corrected chi connectivity index (χ2v) is 7.84. The summed E-state index contributed by atoms with van der Waals surface area (Å²) in [7, 11) is 0. The third kappa shape index (κ3) is 5.51.